The summed E-state index contributed by atoms with van der Waals surface area (Å²) in [6.07, 6.45) is 0.260. The fraction of sp³-hybridized carbons (Fsp3) is 0.364. The van der Waals surface area contributed by atoms with Crippen molar-refractivity contribution < 1.29 is 19.4 Å². The highest BCUT2D eigenvalue weighted by molar-refractivity contribution is 5.85. The monoisotopic (exact) mass is 261 g/mol. The third-order valence-electron chi connectivity index (χ3n) is 2.22. The Morgan fingerprint density at radius 3 is 2.41 bits per heavy atom. The zero-order valence-corrected chi connectivity index (χ0v) is 10.5. The minimum atomic E-state index is -1.02. The molecule has 5 nitrogen and oxygen atoms in total. The quantitative estimate of drug-likeness (QED) is 0.829. The summed E-state index contributed by atoms with van der Waals surface area (Å²) in [6.45, 7) is 0. The van der Waals surface area contributed by atoms with Crippen molar-refractivity contribution in [2.45, 2.75) is 12.5 Å². The first-order valence-electron chi connectivity index (χ1n) is 4.77. The summed E-state index contributed by atoms with van der Waals surface area (Å²) in [5.41, 5.74) is 6.24. The van der Waals surface area contributed by atoms with Crippen molar-refractivity contribution in [2.75, 3.05) is 14.2 Å². The Bertz CT molecular complexity index is 384. The zero-order chi connectivity index (χ0) is 12.1. The highest BCUT2D eigenvalue weighted by Crippen LogP contribution is 2.27. The van der Waals surface area contributed by atoms with Crippen LogP contribution in [0.3, 0.4) is 0 Å². The van der Waals surface area contributed by atoms with Crippen LogP contribution in [-0.4, -0.2) is 31.3 Å². The molecule has 0 fully saturated rings. The molecule has 1 aromatic carbocycles. The van der Waals surface area contributed by atoms with Crippen molar-refractivity contribution in [1.29, 1.82) is 0 Å². The van der Waals surface area contributed by atoms with E-state index in [9.17, 15) is 4.79 Å². The normalized spacial score (nSPS) is 11.2. The molecule has 3 N–H and O–H groups in total. The summed E-state index contributed by atoms with van der Waals surface area (Å²) in [4.78, 5) is 10.6. The first-order chi connectivity index (χ1) is 7.58. The van der Waals surface area contributed by atoms with Gasteiger partial charge < -0.3 is 20.3 Å². The number of carboxylic acid groups (broad SMARTS) is 1. The number of nitrogens with two attached hydrogens (primary N) is 1. The molecule has 0 aliphatic heterocycles. The van der Waals surface area contributed by atoms with Gasteiger partial charge in [-0.3, -0.25) is 4.79 Å². The van der Waals surface area contributed by atoms with Gasteiger partial charge in [0.15, 0.2) is 11.5 Å². The first kappa shape index (κ1) is 15.5. The number of hydrogen-bond donors (Lipinski definition) is 2. The molecule has 0 saturated heterocycles. The van der Waals surface area contributed by atoms with Crippen molar-refractivity contribution in [3.05, 3.63) is 23.8 Å². The van der Waals surface area contributed by atoms with Gasteiger partial charge in [0.2, 0.25) is 0 Å². The van der Waals surface area contributed by atoms with E-state index in [-0.39, 0.29) is 18.8 Å². The minimum absolute atomic E-state index is 0. The van der Waals surface area contributed by atoms with Gasteiger partial charge in [-0.2, -0.15) is 0 Å². The molecule has 1 aromatic rings. The van der Waals surface area contributed by atoms with Crippen molar-refractivity contribution >= 4 is 18.4 Å². The summed E-state index contributed by atoms with van der Waals surface area (Å²) in [5, 5.41) is 8.69. The highest BCUT2D eigenvalue weighted by atomic mass is 35.5. The molecule has 6 heteroatoms. The van der Waals surface area contributed by atoms with E-state index in [1.165, 1.54) is 7.11 Å². The maximum atomic E-state index is 10.6. The fourth-order valence-electron chi connectivity index (χ4n) is 1.35. The number of hydrogen-bond acceptors (Lipinski definition) is 4. The molecule has 0 saturated carbocycles. The van der Waals surface area contributed by atoms with Crippen LogP contribution in [0.5, 0.6) is 11.5 Å². The number of carbonyl (C=O) groups is 1. The van der Waals surface area contributed by atoms with Gasteiger partial charge in [0.25, 0.3) is 0 Å². The second kappa shape index (κ2) is 6.98. The Morgan fingerprint density at radius 2 is 1.94 bits per heavy atom. The predicted octanol–water partition coefficient (Wildman–Crippen LogP) is 1.08. The smallest absolute Gasteiger partial charge is 0.320 e. The number of aliphatic carboxylic acids is 1. The van der Waals surface area contributed by atoms with Gasteiger partial charge in [-0.15, -0.1) is 12.4 Å². The van der Waals surface area contributed by atoms with E-state index in [0.29, 0.717) is 11.5 Å². The molecule has 0 amide bonds. The van der Waals surface area contributed by atoms with E-state index < -0.39 is 12.0 Å². The summed E-state index contributed by atoms with van der Waals surface area (Å²) < 4.78 is 10.2. The lowest BCUT2D eigenvalue weighted by Crippen LogP contribution is -2.32. The van der Waals surface area contributed by atoms with E-state index in [1.807, 2.05) is 0 Å². The lowest BCUT2D eigenvalue weighted by atomic mass is 10.1. The SMILES string of the molecule is COc1ccc(CC(N)C(=O)O)cc1OC.Cl. The molecule has 96 valence electrons. The van der Waals surface area contributed by atoms with Crippen LogP contribution in [0, 0.1) is 0 Å². The van der Waals surface area contributed by atoms with Gasteiger partial charge >= 0.3 is 5.97 Å². The molecule has 0 heterocycles. The number of ether oxygens (including phenoxy) is 2. The van der Waals surface area contributed by atoms with Crippen molar-refractivity contribution in [2.24, 2.45) is 5.73 Å². The minimum Gasteiger partial charge on any atom is -0.493 e. The largest absolute Gasteiger partial charge is 0.493 e. The van der Waals surface area contributed by atoms with E-state index in [4.69, 9.17) is 20.3 Å². The van der Waals surface area contributed by atoms with Gasteiger partial charge in [0.1, 0.15) is 6.04 Å². The Labute approximate surface area is 106 Å². The molecule has 1 atom stereocenters. The van der Waals surface area contributed by atoms with Crippen LogP contribution in [0.2, 0.25) is 0 Å². The van der Waals surface area contributed by atoms with Crippen LogP contribution >= 0.6 is 12.4 Å². The number of carboxylic acids is 1. The zero-order valence-electron chi connectivity index (χ0n) is 9.67. The highest BCUT2D eigenvalue weighted by Gasteiger charge is 2.13. The number of rotatable bonds is 5. The number of halogens is 1. The third-order valence-corrected chi connectivity index (χ3v) is 2.22. The van der Waals surface area contributed by atoms with Crippen molar-refractivity contribution in [3.63, 3.8) is 0 Å². The van der Waals surface area contributed by atoms with Gasteiger partial charge in [0, 0.05) is 0 Å². The summed E-state index contributed by atoms with van der Waals surface area (Å²) in [7, 11) is 3.07. The third kappa shape index (κ3) is 4.13. The maximum Gasteiger partial charge on any atom is 0.320 e. The molecule has 0 aliphatic carbocycles. The maximum absolute atomic E-state index is 10.6. The Balaban J connectivity index is 0.00000256. The average Bonchev–Trinajstić information content (AvgIpc) is 2.28. The van der Waals surface area contributed by atoms with Crippen LogP contribution in [0.25, 0.3) is 0 Å². The first-order valence-corrected chi connectivity index (χ1v) is 4.77. The predicted molar refractivity (Wildman–Crippen MR) is 66.1 cm³/mol. The number of benzene rings is 1. The number of methoxy groups -OCH3 is 2. The van der Waals surface area contributed by atoms with Crippen molar-refractivity contribution in [3.8, 4) is 11.5 Å². The lowest BCUT2D eigenvalue weighted by molar-refractivity contribution is -0.138. The standard InChI is InChI=1S/C11H15NO4.ClH/c1-15-9-4-3-7(6-10(9)16-2)5-8(12)11(13)14;/h3-4,6,8H,5,12H2,1-2H3,(H,13,14);1H. The molecule has 0 aromatic heterocycles. The van der Waals surface area contributed by atoms with E-state index in [1.54, 1.807) is 25.3 Å². The Morgan fingerprint density at radius 1 is 1.35 bits per heavy atom. The van der Waals surface area contributed by atoms with Gasteiger partial charge in [0.05, 0.1) is 14.2 Å². The summed E-state index contributed by atoms with van der Waals surface area (Å²) in [5.74, 6) is 0.155. The fourth-order valence-corrected chi connectivity index (χ4v) is 1.35. The van der Waals surface area contributed by atoms with Crippen molar-refractivity contribution in [1.82, 2.24) is 0 Å². The second-order valence-corrected chi connectivity index (χ2v) is 3.34. The second-order valence-electron chi connectivity index (χ2n) is 3.34. The molecule has 1 rings (SSSR count). The van der Waals surface area contributed by atoms with Crippen LogP contribution in [0.15, 0.2) is 18.2 Å². The van der Waals surface area contributed by atoms with E-state index in [2.05, 4.69) is 0 Å². The lowest BCUT2D eigenvalue weighted by Gasteiger charge is -2.11. The van der Waals surface area contributed by atoms with Gasteiger partial charge in [-0.05, 0) is 24.1 Å². The summed E-state index contributed by atoms with van der Waals surface area (Å²) in [6, 6.07) is 4.31. The molecule has 0 bridgehead atoms. The van der Waals surface area contributed by atoms with Crippen LogP contribution < -0.4 is 15.2 Å². The molecule has 0 spiro atoms. The molecular formula is C11H16ClNO4. The van der Waals surface area contributed by atoms with Crippen LogP contribution in [-0.2, 0) is 11.2 Å². The molecular weight excluding hydrogens is 246 g/mol. The van der Waals surface area contributed by atoms with Gasteiger partial charge in [-0.25, -0.2) is 0 Å². The van der Waals surface area contributed by atoms with E-state index in [0.717, 1.165) is 5.56 Å². The molecule has 1 unspecified atom stereocenters. The molecule has 0 aliphatic rings. The molecule has 0 radical (unpaired) electrons. The van der Waals surface area contributed by atoms with Gasteiger partial charge in [-0.1, -0.05) is 6.07 Å². The van der Waals surface area contributed by atoms with Crippen LogP contribution in [0.1, 0.15) is 5.56 Å². The van der Waals surface area contributed by atoms with Crippen LogP contribution in [0.4, 0.5) is 0 Å². The Kier molecular flexibility index (Phi) is 6.38. The molecule has 17 heavy (non-hydrogen) atoms. The summed E-state index contributed by atoms with van der Waals surface area (Å²) >= 11 is 0. The Hall–Kier alpha value is -1.46. The van der Waals surface area contributed by atoms with E-state index >= 15 is 0 Å². The average molecular weight is 262 g/mol. The topological polar surface area (TPSA) is 81.8 Å².